The van der Waals surface area contributed by atoms with E-state index >= 15 is 0 Å². The second kappa shape index (κ2) is 8.51. The lowest BCUT2D eigenvalue weighted by Gasteiger charge is -2.19. The van der Waals surface area contributed by atoms with Crippen LogP contribution in [-0.4, -0.2) is 24.3 Å². The van der Waals surface area contributed by atoms with E-state index in [0.29, 0.717) is 35.1 Å². The van der Waals surface area contributed by atoms with Gasteiger partial charge in [-0.05, 0) is 48.9 Å². The van der Waals surface area contributed by atoms with E-state index in [0.717, 1.165) is 16.8 Å². The van der Waals surface area contributed by atoms with E-state index in [1.54, 1.807) is 43.3 Å². The molecule has 3 aromatic rings. The Morgan fingerprint density at radius 1 is 1.00 bits per heavy atom. The Hall–Kier alpha value is -3.44. The number of aliphatic imine (C=N–C) groups is 1. The number of amidine groups is 1. The molecule has 150 valence electrons. The smallest absolute Gasteiger partial charge is 0.338 e. The molecular formula is C24H19ClN2O3. The molecule has 3 aromatic carbocycles. The van der Waals surface area contributed by atoms with Crippen LogP contribution in [0.25, 0.3) is 0 Å². The Labute approximate surface area is 179 Å². The number of hydrogen-bond donors (Lipinski definition) is 0. The molecule has 0 radical (unpaired) electrons. The number of esters is 1. The summed E-state index contributed by atoms with van der Waals surface area (Å²) in [5, 5.41) is 0.364. The van der Waals surface area contributed by atoms with Gasteiger partial charge in [0.25, 0.3) is 5.91 Å². The van der Waals surface area contributed by atoms with Crippen LogP contribution in [0.3, 0.4) is 0 Å². The van der Waals surface area contributed by atoms with Crippen LogP contribution in [-0.2, 0) is 11.3 Å². The molecule has 0 saturated heterocycles. The number of rotatable bonds is 4. The van der Waals surface area contributed by atoms with Gasteiger partial charge >= 0.3 is 5.97 Å². The standard InChI is InChI=1S/C24H19ClN2O3/c1-2-30-24(29)16-11-13-18(14-12-16)27-15-17-7-3-4-8-19(17)22(27)26-23(28)20-9-5-6-10-21(20)25/h3-14H,2,15H2,1H3. The average Bonchev–Trinajstić information content (AvgIpc) is 3.13. The molecule has 4 rings (SSSR count). The monoisotopic (exact) mass is 418 g/mol. The third-order valence-corrected chi connectivity index (χ3v) is 5.17. The van der Waals surface area contributed by atoms with Crippen molar-refractivity contribution in [1.29, 1.82) is 0 Å². The van der Waals surface area contributed by atoms with Crippen molar-refractivity contribution in [3.8, 4) is 0 Å². The summed E-state index contributed by atoms with van der Waals surface area (Å²) in [7, 11) is 0. The van der Waals surface area contributed by atoms with E-state index in [9.17, 15) is 9.59 Å². The van der Waals surface area contributed by atoms with Crippen molar-refractivity contribution in [3.63, 3.8) is 0 Å². The van der Waals surface area contributed by atoms with Crippen LogP contribution in [0.1, 0.15) is 38.8 Å². The molecule has 5 nitrogen and oxygen atoms in total. The zero-order chi connectivity index (χ0) is 21.1. The van der Waals surface area contributed by atoms with Gasteiger partial charge in [-0.25, -0.2) is 4.79 Å². The third kappa shape index (κ3) is 3.84. The first-order chi connectivity index (χ1) is 14.6. The number of carbonyl (C=O) groups is 2. The molecule has 0 atom stereocenters. The topological polar surface area (TPSA) is 59.0 Å². The maximum Gasteiger partial charge on any atom is 0.338 e. The van der Waals surface area contributed by atoms with Crippen LogP contribution in [0.4, 0.5) is 5.69 Å². The summed E-state index contributed by atoms with van der Waals surface area (Å²) < 4.78 is 5.04. The molecule has 1 aliphatic rings. The molecule has 1 aliphatic heterocycles. The number of benzene rings is 3. The zero-order valence-corrected chi connectivity index (χ0v) is 17.1. The highest BCUT2D eigenvalue weighted by atomic mass is 35.5. The van der Waals surface area contributed by atoms with Crippen molar-refractivity contribution >= 4 is 35.0 Å². The largest absolute Gasteiger partial charge is 0.462 e. The highest BCUT2D eigenvalue weighted by Crippen LogP contribution is 2.30. The van der Waals surface area contributed by atoms with Gasteiger partial charge in [-0.2, -0.15) is 4.99 Å². The molecular weight excluding hydrogens is 400 g/mol. The fourth-order valence-corrected chi connectivity index (χ4v) is 3.60. The van der Waals surface area contributed by atoms with Crippen molar-refractivity contribution in [2.24, 2.45) is 4.99 Å². The van der Waals surface area contributed by atoms with Gasteiger partial charge in [-0.15, -0.1) is 0 Å². The molecule has 1 heterocycles. The van der Waals surface area contributed by atoms with Gasteiger partial charge in [-0.1, -0.05) is 48.0 Å². The molecule has 1 amide bonds. The van der Waals surface area contributed by atoms with Crippen molar-refractivity contribution in [2.75, 3.05) is 11.5 Å². The maximum absolute atomic E-state index is 12.9. The predicted molar refractivity (Wildman–Crippen MR) is 117 cm³/mol. The van der Waals surface area contributed by atoms with Crippen LogP contribution in [0, 0.1) is 0 Å². The molecule has 0 bridgehead atoms. The van der Waals surface area contributed by atoms with Gasteiger partial charge in [0.15, 0.2) is 0 Å². The third-order valence-electron chi connectivity index (χ3n) is 4.84. The number of halogens is 1. The Bertz CT molecular complexity index is 1140. The molecule has 30 heavy (non-hydrogen) atoms. The number of amides is 1. The fraction of sp³-hybridized carbons (Fsp3) is 0.125. The Morgan fingerprint density at radius 2 is 1.70 bits per heavy atom. The number of fused-ring (bicyclic) bond motifs is 1. The maximum atomic E-state index is 12.9. The summed E-state index contributed by atoms with van der Waals surface area (Å²) in [4.78, 5) is 31.2. The van der Waals surface area contributed by atoms with Crippen molar-refractivity contribution in [1.82, 2.24) is 0 Å². The number of ether oxygens (including phenoxy) is 1. The number of carbonyl (C=O) groups excluding carboxylic acids is 2. The normalized spacial score (nSPS) is 13.9. The lowest BCUT2D eigenvalue weighted by molar-refractivity contribution is 0.0526. The van der Waals surface area contributed by atoms with Gasteiger partial charge in [0.1, 0.15) is 5.84 Å². The SMILES string of the molecule is CCOC(=O)c1ccc(N2Cc3ccccc3C2=NC(=O)c2ccccc2Cl)cc1. The molecule has 0 unspecified atom stereocenters. The van der Waals surface area contributed by atoms with Crippen LogP contribution in [0.15, 0.2) is 77.8 Å². The van der Waals surface area contributed by atoms with Crippen LogP contribution in [0.5, 0.6) is 0 Å². The van der Waals surface area contributed by atoms with Gasteiger partial charge in [0.05, 0.1) is 29.3 Å². The molecule has 0 aliphatic carbocycles. The first kappa shape index (κ1) is 19.9. The summed E-state index contributed by atoms with van der Waals surface area (Å²) in [6, 6.07) is 21.8. The van der Waals surface area contributed by atoms with Gasteiger partial charge in [-0.3, -0.25) is 4.79 Å². The molecule has 0 saturated carbocycles. The van der Waals surface area contributed by atoms with Gasteiger partial charge in [0, 0.05) is 11.3 Å². The summed E-state index contributed by atoms with van der Waals surface area (Å²) in [6.07, 6.45) is 0. The minimum absolute atomic E-state index is 0.322. The lowest BCUT2D eigenvalue weighted by atomic mass is 10.1. The minimum atomic E-state index is -0.402. The van der Waals surface area contributed by atoms with E-state index in [1.807, 2.05) is 41.3 Å². The molecule has 0 spiro atoms. The highest BCUT2D eigenvalue weighted by Gasteiger charge is 2.28. The van der Waals surface area contributed by atoms with Crippen LogP contribution in [0.2, 0.25) is 5.02 Å². The Morgan fingerprint density at radius 3 is 2.43 bits per heavy atom. The van der Waals surface area contributed by atoms with Gasteiger partial charge in [0.2, 0.25) is 0 Å². The lowest BCUT2D eigenvalue weighted by Crippen LogP contribution is -2.25. The second-order valence-electron chi connectivity index (χ2n) is 6.73. The van der Waals surface area contributed by atoms with Gasteiger partial charge < -0.3 is 9.64 Å². The highest BCUT2D eigenvalue weighted by molar-refractivity contribution is 6.34. The second-order valence-corrected chi connectivity index (χ2v) is 7.14. The van der Waals surface area contributed by atoms with E-state index < -0.39 is 5.91 Å². The number of nitrogens with zero attached hydrogens (tertiary/aromatic N) is 2. The first-order valence-corrected chi connectivity index (χ1v) is 9.97. The summed E-state index contributed by atoms with van der Waals surface area (Å²) in [5.41, 5.74) is 3.62. The van der Waals surface area contributed by atoms with Crippen molar-refractivity contribution in [2.45, 2.75) is 13.5 Å². The summed E-state index contributed by atoms with van der Waals surface area (Å²) in [5.74, 6) is -0.212. The predicted octanol–water partition coefficient (Wildman–Crippen LogP) is 5.12. The Balaban J connectivity index is 1.72. The summed E-state index contributed by atoms with van der Waals surface area (Å²) in [6.45, 7) is 2.67. The van der Waals surface area contributed by atoms with Crippen molar-refractivity contribution in [3.05, 3.63) is 100 Å². The van der Waals surface area contributed by atoms with E-state index in [-0.39, 0.29) is 5.97 Å². The van der Waals surface area contributed by atoms with Crippen LogP contribution >= 0.6 is 11.6 Å². The number of hydrogen-bond acceptors (Lipinski definition) is 3. The zero-order valence-electron chi connectivity index (χ0n) is 16.3. The van der Waals surface area contributed by atoms with Crippen LogP contribution < -0.4 is 4.90 Å². The first-order valence-electron chi connectivity index (χ1n) is 9.59. The average molecular weight is 419 g/mol. The molecule has 0 fully saturated rings. The number of anilines is 1. The summed E-state index contributed by atoms with van der Waals surface area (Å²) >= 11 is 6.18. The van der Waals surface area contributed by atoms with E-state index in [4.69, 9.17) is 16.3 Å². The Kier molecular flexibility index (Phi) is 5.63. The minimum Gasteiger partial charge on any atom is -0.462 e. The molecule has 6 heteroatoms. The molecule has 0 aromatic heterocycles. The fourth-order valence-electron chi connectivity index (χ4n) is 3.38. The van der Waals surface area contributed by atoms with E-state index in [1.165, 1.54) is 0 Å². The quantitative estimate of drug-likeness (QED) is 0.551. The molecule has 0 N–H and O–H groups in total. The van der Waals surface area contributed by atoms with Crippen molar-refractivity contribution < 1.29 is 14.3 Å². The van der Waals surface area contributed by atoms with E-state index in [2.05, 4.69) is 4.99 Å².